The van der Waals surface area contributed by atoms with Crippen molar-refractivity contribution < 1.29 is 22.6 Å². The number of fused-ring (bicyclic) bond motifs is 1. The van der Waals surface area contributed by atoms with Crippen LogP contribution in [0.5, 0.6) is 5.88 Å². The first-order valence-electron chi connectivity index (χ1n) is 8.21. The Bertz CT molecular complexity index is 925. The predicted molar refractivity (Wildman–Crippen MR) is 96.3 cm³/mol. The predicted octanol–water partition coefficient (Wildman–Crippen LogP) is 3.23. The van der Waals surface area contributed by atoms with E-state index in [1.807, 2.05) is 0 Å². The lowest BCUT2D eigenvalue weighted by atomic mass is 10.2. The molecular formula is C18H17ClF3N3O2. The number of hydrogen-bond donors (Lipinski definition) is 1. The summed E-state index contributed by atoms with van der Waals surface area (Å²) in [6.45, 7) is 2.15. The molecule has 0 radical (unpaired) electrons. The van der Waals surface area contributed by atoms with Crippen LogP contribution >= 0.6 is 12.4 Å². The average Bonchev–Trinajstić information content (AvgIpc) is 2.98. The summed E-state index contributed by atoms with van der Waals surface area (Å²) in [6.07, 6.45) is -0.178. The van der Waals surface area contributed by atoms with E-state index in [1.54, 1.807) is 0 Å². The molecule has 1 aliphatic heterocycles. The van der Waals surface area contributed by atoms with Gasteiger partial charge in [0.15, 0.2) is 11.6 Å². The van der Waals surface area contributed by atoms with Gasteiger partial charge in [-0.05, 0) is 30.3 Å². The molecule has 0 saturated carbocycles. The number of para-hydroxylation sites is 1. The lowest BCUT2D eigenvalue weighted by Crippen LogP contribution is -2.41. The molecule has 0 spiro atoms. The highest BCUT2D eigenvalue weighted by atomic mass is 35.5. The molecule has 1 aliphatic rings. The Morgan fingerprint density at radius 3 is 2.67 bits per heavy atom. The summed E-state index contributed by atoms with van der Waals surface area (Å²) in [6, 6.07) is 7.39. The minimum atomic E-state index is -0.773. The Labute approximate surface area is 159 Å². The third-order valence-corrected chi connectivity index (χ3v) is 4.17. The first-order valence-corrected chi connectivity index (χ1v) is 8.21. The van der Waals surface area contributed by atoms with Gasteiger partial charge in [-0.3, -0.25) is 0 Å². The molecule has 0 amide bonds. The zero-order valence-electron chi connectivity index (χ0n) is 14.1. The van der Waals surface area contributed by atoms with E-state index in [0.717, 1.165) is 23.4 Å². The van der Waals surface area contributed by atoms with Gasteiger partial charge >= 0.3 is 0 Å². The van der Waals surface area contributed by atoms with E-state index in [1.165, 1.54) is 24.3 Å². The number of ether oxygens (including phenoxy) is 2. The number of nitrogens with zero attached hydrogens (tertiary/aromatic N) is 2. The Kier molecular flexibility index (Phi) is 5.88. The van der Waals surface area contributed by atoms with Crippen LogP contribution in [0.2, 0.25) is 0 Å². The summed E-state index contributed by atoms with van der Waals surface area (Å²) in [5.74, 6) is -1.95. The van der Waals surface area contributed by atoms with Crippen LogP contribution in [0.4, 0.5) is 13.2 Å². The van der Waals surface area contributed by atoms with Gasteiger partial charge in [0.2, 0.25) is 5.88 Å². The highest BCUT2D eigenvalue weighted by molar-refractivity contribution is 5.86. The van der Waals surface area contributed by atoms with Crippen LogP contribution in [-0.4, -0.2) is 42.2 Å². The quantitative estimate of drug-likeness (QED) is 0.731. The molecule has 1 N–H and O–H groups in total. The third kappa shape index (κ3) is 3.87. The smallest absolute Gasteiger partial charge is 0.241 e. The van der Waals surface area contributed by atoms with Crippen molar-refractivity contribution >= 4 is 23.3 Å². The van der Waals surface area contributed by atoms with E-state index in [-0.39, 0.29) is 36.7 Å². The van der Waals surface area contributed by atoms with Gasteiger partial charge in [0.05, 0.1) is 17.5 Å². The second kappa shape index (κ2) is 8.16. The zero-order chi connectivity index (χ0) is 18.1. The molecule has 0 unspecified atom stereocenters. The maximum Gasteiger partial charge on any atom is 0.241 e. The summed E-state index contributed by atoms with van der Waals surface area (Å²) < 4.78 is 54.4. The molecule has 4 rings (SSSR count). The van der Waals surface area contributed by atoms with Crippen molar-refractivity contribution in [3.63, 3.8) is 0 Å². The fourth-order valence-corrected chi connectivity index (χ4v) is 2.93. The van der Waals surface area contributed by atoms with Crippen LogP contribution < -0.4 is 10.1 Å². The number of morpholine rings is 1. The van der Waals surface area contributed by atoms with Crippen LogP contribution in [0.15, 0.2) is 36.4 Å². The topological polar surface area (TPSA) is 48.3 Å². The van der Waals surface area contributed by atoms with E-state index < -0.39 is 17.5 Å². The SMILES string of the molecule is Cl.Fc1ccc2c(c1)c(OC[C@@H]1CNCCO1)nn2-c1c(F)cccc1F. The van der Waals surface area contributed by atoms with Gasteiger partial charge in [-0.2, -0.15) is 0 Å². The minimum Gasteiger partial charge on any atom is -0.473 e. The highest BCUT2D eigenvalue weighted by Crippen LogP contribution is 2.30. The molecule has 1 aromatic heterocycles. The molecule has 144 valence electrons. The fourth-order valence-electron chi connectivity index (χ4n) is 2.93. The number of nitrogens with one attached hydrogen (secondary N) is 1. The summed E-state index contributed by atoms with van der Waals surface area (Å²) in [7, 11) is 0. The van der Waals surface area contributed by atoms with E-state index in [9.17, 15) is 13.2 Å². The van der Waals surface area contributed by atoms with Gasteiger partial charge in [-0.1, -0.05) is 6.07 Å². The summed E-state index contributed by atoms with van der Waals surface area (Å²) in [5.41, 5.74) is 0.00243. The van der Waals surface area contributed by atoms with Gasteiger partial charge in [0.25, 0.3) is 0 Å². The molecular weight excluding hydrogens is 383 g/mol. The van der Waals surface area contributed by atoms with Crippen LogP contribution in [0, 0.1) is 17.5 Å². The first kappa shape index (κ1) is 19.5. The monoisotopic (exact) mass is 399 g/mol. The zero-order valence-corrected chi connectivity index (χ0v) is 14.9. The Morgan fingerprint density at radius 2 is 1.96 bits per heavy atom. The number of rotatable bonds is 4. The van der Waals surface area contributed by atoms with E-state index in [2.05, 4.69) is 10.4 Å². The van der Waals surface area contributed by atoms with Gasteiger partial charge in [-0.15, -0.1) is 17.5 Å². The van der Waals surface area contributed by atoms with Crippen LogP contribution in [0.25, 0.3) is 16.6 Å². The average molecular weight is 400 g/mol. The van der Waals surface area contributed by atoms with Gasteiger partial charge in [0, 0.05) is 13.1 Å². The van der Waals surface area contributed by atoms with Crippen molar-refractivity contribution in [2.24, 2.45) is 0 Å². The van der Waals surface area contributed by atoms with Crippen LogP contribution in [-0.2, 0) is 4.74 Å². The molecule has 0 aliphatic carbocycles. The largest absolute Gasteiger partial charge is 0.473 e. The minimum absolute atomic E-state index is 0. The first-order chi connectivity index (χ1) is 12.6. The number of benzene rings is 2. The van der Waals surface area contributed by atoms with E-state index >= 15 is 0 Å². The lowest BCUT2D eigenvalue weighted by molar-refractivity contribution is -0.000512. The van der Waals surface area contributed by atoms with Crippen molar-refractivity contribution in [1.29, 1.82) is 0 Å². The summed E-state index contributed by atoms with van der Waals surface area (Å²) in [4.78, 5) is 0. The van der Waals surface area contributed by atoms with Crippen molar-refractivity contribution in [2.45, 2.75) is 6.10 Å². The second-order valence-electron chi connectivity index (χ2n) is 5.96. The molecule has 2 heterocycles. The summed E-state index contributed by atoms with van der Waals surface area (Å²) in [5, 5.41) is 7.68. The molecule has 27 heavy (non-hydrogen) atoms. The van der Waals surface area contributed by atoms with Crippen LogP contribution in [0.1, 0.15) is 0 Å². The Balaban J connectivity index is 0.00000210. The number of hydrogen-bond acceptors (Lipinski definition) is 4. The van der Waals surface area contributed by atoms with Gasteiger partial charge in [-0.25, -0.2) is 17.9 Å². The van der Waals surface area contributed by atoms with Gasteiger partial charge < -0.3 is 14.8 Å². The molecule has 1 saturated heterocycles. The lowest BCUT2D eigenvalue weighted by Gasteiger charge is -2.23. The Morgan fingerprint density at radius 1 is 1.19 bits per heavy atom. The molecule has 2 aromatic carbocycles. The molecule has 9 heteroatoms. The standard InChI is InChI=1S/C18H16F3N3O2.ClH/c19-11-4-5-16-13(8-11)18(26-10-12-9-22-6-7-25-12)23-24(16)17-14(20)2-1-3-15(17)21;/h1-5,8,12,22H,6-7,9-10H2;1H/t12-;/m0./s1. The van der Waals surface area contributed by atoms with Gasteiger partial charge in [0.1, 0.15) is 24.2 Å². The normalized spacial score (nSPS) is 16.9. The third-order valence-electron chi connectivity index (χ3n) is 4.17. The molecule has 1 fully saturated rings. The van der Waals surface area contributed by atoms with Crippen molar-refractivity contribution in [1.82, 2.24) is 15.1 Å². The van der Waals surface area contributed by atoms with Crippen molar-refractivity contribution in [3.05, 3.63) is 53.8 Å². The summed E-state index contributed by atoms with van der Waals surface area (Å²) >= 11 is 0. The fraction of sp³-hybridized carbons (Fsp3) is 0.278. The number of aromatic nitrogens is 2. The highest BCUT2D eigenvalue weighted by Gasteiger charge is 2.21. The maximum absolute atomic E-state index is 14.2. The van der Waals surface area contributed by atoms with Crippen LogP contribution in [0.3, 0.4) is 0 Å². The maximum atomic E-state index is 14.2. The molecule has 5 nitrogen and oxygen atoms in total. The number of halogens is 4. The second-order valence-corrected chi connectivity index (χ2v) is 5.96. The van der Waals surface area contributed by atoms with E-state index in [4.69, 9.17) is 9.47 Å². The van der Waals surface area contributed by atoms with Crippen molar-refractivity contribution in [3.8, 4) is 11.6 Å². The molecule has 3 aromatic rings. The van der Waals surface area contributed by atoms with E-state index in [0.29, 0.717) is 24.1 Å². The molecule has 0 bridgehead atoms. The molecule has 1 atom stereocenters. The van der Waals surface area contributed by atoms with Crippen molar-refractivity contribution in [2.75, 3.05) is 26.3 Å². The Hall–Kier alpha value is -2.29.